The van der Waals surface area contributed by atoms with Gasteiger partial charge < -0.3 is 15.2 Å². The summed E-state index contributed by atoms with van der Waals surface area (Å²) in [4.78, 5) is 25.0. The van der Waals surface area contributed by atoms with Gasteiger partial charge in [0.2, 0.25) is 0 Å². The second-order valence-corrected chi connectivity index (χ2v) is 8.20. The Balaban J connectivity index is 1.64. The molecule has 33 heavy (non-hydrogen) atoms. The number of carbonyl (C=O) groups excluding carboxylic acids is 1. The Morgan fingerprint density at radius 2 is 1.64 bits per heavy atom. The molecule has 1 aliphatic carbocycles. The second-order valence-electron chi connectivity index (χ2n) is 8.20. The van der Waals surface area contributed by atoms with Crippen molar-refractivity contribution in [1.29, 1.82) is 0 Å². The van der Waals surface area contributed by atoms with Gasteiger partial charge in [0.15, 0.2) is 0 Å². The first-order valence-electron chi connectivity index (χ1n) is 10.6. The van der Waals surface area contributed by atoms with Gasteiger partial charge in [-0.1, -0.05) is 55.3 Å². The van der Waals surface area contributed by atoms with E-state index in [1.54, 1.807) is 24.3 Å². The highest BCUT2D eigenvalue weighted by Crippen LogP contribution is 2.34. The van der Waals surface area contributed by atoms with Crippen LogP contribution in [0.25, 0.3) is 10.8 Å². The van der Waals surface area contributed by atoms with Crippen LogP contribution in [0, 0.1) is 0 Å². The van der Waals surface area contributed by atoms with Crippen molar-refractivity contribution >= 4 is 22.6 Å². The standard InChI is InChI=1S/C25H22F3NO4/c26-25(27,28)18-10-7-16(8-11-18)15-33-21-19-6-2-1-5-17(19)9-12-20(21)22(30)29-24(23(31)32)13-3-4-14-24/h1-2,5-12H,3-4,13-15H2,(H,29,30)(H,31,32). The van der Waals surface area contributed by atoms with Gasteiger partial charge in [-0.3, -0.25) is 4.79 Å². The first kappa shape index (κ1) is 22.6. The summed E-state index contributed by atoms with van der Waals surface area (Å²) < 4.78 is 44.4. The van der Waals surface area contributed by atoms with Crippen molar-refractivity contribution < 1.29 is 32.6 Å². The van der Waals surface area contributed by atoms with E-state index in [-0.39, 0.29) is 17.9 Å². The monoisotopic (exact) mass is 457 g/mol. The van der Waals surface area contributed by atoms with Crippen LogP contribution in [0.3, 0.4) is 0 Å². The highest BCUT2D eigenvalue weighted by atomic mass is 19.4. The number of carboxylic acids is 1. The van der Waals surface area contributed by atoms with Crippen molar-refractivity contribution in [1.82, 2.24) is 5.32 Å². The lowest BCUT2D eigenvalue weighted by molar-refractivity contribution is -0.144. The van der Waals surface area contributed by atoms with Gasteiger partial charge >= 0.3 is 12.1 Å². The summed E-state index contributed by atoms with van der Waals surface area (Å²) >= 11 is 0. The molecule has 0 saturated heterocycles. The van der Waals surface area contributed by atoms with Gasteiger partial charge in [0.25, 0.3) is 5.91 Å². The first-order valence-corrected chi connectivity index (χ1v) is 10.6. The number of fused-ring (bicyclic) bond motifs is 1. The topological polar surface area (TPSA) is 75.6 Å². The molecule has 0 aliphatic heterocycles. The molecular formula is C25H22F3NO4. The van der Waals surface area contributed by atoms with Gasteiger partial charge in [-0.15, -0.1) is 0 Å². The van der Waals surface area contributed by atoms with Gasteiger partial charge in [0.05, 0.1) is 11.1 Å². The molecule has 172 valence electrons. The lowest BCUT2D eigenvalue weighted by Crippen LogP contribution is -2.52. The predicted molar refractivity (Wildman–Crippen MR) is 116 cm³/mol. The van der Waals surface area contributed by atoms with Crippen molar-refractivity contribution in [3.05, 3.63) is 77.4 Å². The molecule has 2 N–H and O–H groups in total. The molecule has 3 aromatic carbocycles. The lowest BCUT2D eigenvalue weighted by atomic mass is 9.96. The Kier molecular flexibility index (Phi) is 6.01. The zero-order chi connectivity index (χ0) is 23.6. The van der Waals surface area contributed by atoms with Crippen LogP contribution >= 0.6 is 0 Å². The fourth-order valence-electron chi connectivity index (χ4n) is 4.18. The summed E-state index contributed by atoms with van der Waals surface area (Å²) in [5, 5.41) is 13.9. The van der Waals surface area contributed by atoms with Gasteiger partial charge in [-0.2, -0.15) is 13.2 Å². The van der Waals surface area contributed by atoms with Crippen LogP contribution in [-0.2, 0) is 17.6 Å². The van der Waals surface area contributed by atoms with Crippen LogP contribution in [0.1, 0.15) is 47.2 Å². The maximum absolute atomic E-state index is 13.2. The predicted octanol–water partition coefficient (Wildman–Crippen LogP) is 5.56. The number of rotatable bonds is 6. The quantitative estimate of drug-likeness (QED) is 0.508. The molecule has 0 bridgehead atoms. The average Bonchev–Trinajstić information content (AvgIpc) is 3.27. The molecule has 8 heteroatoms. The van der Waals surface area contributed by atoms with Gasteiger partial charge in [-0.25, -0.2) is 4.79 Å². The highest BCUT2D eigenvalue weighted by molar-refractivity contribution is 6.05. The minimum Gasteiger partial charge on any atom is -0.487 e. The third-order valence-corrected chi connectivity index (χ3v) is 6.01. The van der Waals surface area contributed by atoms with Crippen LogP contribution in [-0.4, -0.2) is 22.5 Å². The van der Waals surface area contributed by atoms with E-state index in [2.05, 4.69) is 5.32 Å². The van der Waals surface area contributed by atoms with Gasteiger partial charge in [0, 0.05) is 5.39 Å². The van der Waals surface area contributed by atoms with Crippen molar-refractivity contribution in [2.24, 2.45) is 0 Å². The number of hydrogen-bond acceptors (Lipinski definition) is 3. The molecule has 4 rings (SSSR count). The third kappa shape index (κ3) is 4.65. The lowest BCUT2D eigenvalue weighted by Gasteiger charge is -2.26. The number of hydrogen-bond donors (Lipinski definition) is 2. The maximum atomic E-state index is 13.2. The van der Waals surface area contributed by atoms with E-state index in [9.17, 15) is 27.9 Å². The number of aliphatic carboxylic acids is 1. The van der Waals surface area contributed by atoms with E-state index < -0.39 is 29.2 Å². The zero-order valence-electron chi connectivity index (χ0n) is 17.6. The van der Waals surface area contributed by atoms with Gasteiger partial charge in [0.1, 0.15) is 17.9 Å². The first-order chi connectivity index (χ1) is 15.7. The van der Waals surface area contributed by atoms with Crippen molar-refractivity contribution in [3.63, 3.8) is 0 Å². The number of nitrogens with one attached hydrogen (secondary N) is 1. The number of benzene rings is 3. The summed E-state index contributed by atoms with van der Waals surface area (Å²) in [5.74, 6) is -1.38. The molecule has 0 radical (unpaired) electrons. The molecule has 5 nitrogen and oxygen atoms in total. The van der Waals surface area contributed by atoms with Crippen LogP contribution in [0.2, 0.25) is 0 Å². The van der Waals surface area contributed by atoms with E-state index in [4.69, 9.17) is 4.74 Å². The zero-order valence-corrected chi connectivity index (χ0v) is 17.6. The average molecular weight is 457 g/mol. The van der Waals surface area contributed by atoms with E-state index in [1.807, 2.05) is 12.1 Å². The fraction of sp³-hybridized carbons (Fsp3) is 0.280. The number of carbonyl (C=O) groups is 2. The number of amides is 1. The van der Waals surface area contributed by atoms with E-state index in [1.165, 1.54) is 12.1 Å². The number of ether oxygens (including phenoxy) is 1. The maximum Gasteiger partial charge on any atom is 0.416 e. The summed E-state index contributed by atoms with van der Waals surface area (Å²) in [6.45, 7) is -0.0590. The molecule has 0 heterocycles. The Morgan fingerprint density at radius 1 is 0.970 bits per heavy atom. The van der Waals surface area contributed by atoms with E-state index in [0.29, 0.717) is 36.6 Å². The molecule has 0 aromatic heterocycles. The molecule has 0 unspecified atom stereocenters. The minimum atomic E-state index is -4.43. The fourth-order valence-corrected chi connectivity index (χ4v) is 4.18. The minimum absolute atomic E-state index is 0.0590. The van der Waals surface area contributed by atoms with Gasteiger partial charge in [-0.05, 0) is 42.0 Å². The summed E-state index contributed by atoms with van der Waals surface area (Å²) in [6.07, 6.45) is -2.31. The molecule has 0 spiro atoms. The third-order valence-electron chi connectivity index (χ3n) is 6.01. The number of carboxylic acid groups (broad SMARTS) is 1. The number of halogens is 3. The van der Waals surface area contributed by atoms with Crippen LogP contribution in [0.4, 0.5) is 13.2 Å². The molecule has 0 atom stereocenters. The largest absolute Gasteiger partial charge is 0.487 e. The molecular weight excluding hydrogens is 435 g/mol. The van der Waals surface area contributed by atoms with E-state index >= 15 is 0 Å². The summed E-state index contributed by atoms with van der Waals surface area (Å²) in [6, 6.07) is 15.2. The molecule has 1 saturated carbocycles. The Morgan fingerprint density at radius 3 is 2.27 bits per heavy atom. The molecule has 1 amide bonds. The Bertz CT molecular complexity index is 1180. The molecule has 3 aromatic rings. The van der Waals surface area contributed by atoms with Crippen molar-refractivity contribution in [3.8, 4) is 5.75 Å². The van der Waals surface area contributed by atoms with Crippen LogP contribution < -0.4 is 10.1 Å². The second kappa shape index (κ2) is 8.77. The normalized spacial score (nSPS) is 15.4. The molecule has 1 fully saturated rings. The van der Waals surface area contributed by atoms with Crippen molar-refractivity contribution in [2.45, 2.75) is 44.0 Å². The Labute approximate surface area is 188 Å². The van der Waals surface area contributed by atoms with Crippen LogP contribution in [0.15, 0.2) is 60.7 Å². The van der Waals surface area contributed by atoms with Crippen molar-refractivity contribution in [2.75, 3.05) is 0 Å². The SMILES string of the molecule is O=C(NC1(C(=O)O)CCCC1)c1ccc2ccccc2c1OCc1ccc(C(F)(F)F)cc1. The Hall–Kier alpha value is -3.55. The summed E-state index contributed by atoms with van der Waals surface area (Å²) in [5.41, 5.74) is -1.40. The molecule has 1 aliphatic rings. The van der Waals surface area contributed by atoms with E-state index in [0.717, 1.165) is 17.5 Å². The summed E-state index contributed by atoms with van der Waals surface area (Å²) in [7, 11) is 0. The number of alkyl halides is 3. The van der Waals surface area contributed by atoms with Crippen LogP contribution in [0.5, 0.6) is 5.75 Å². The highest BCUT2D eigenvalue weighted by Gasteiger charge is 2.43. The smallest absolute Gasteiger partial charge is 0.416 e.